The molecule has 2 unspecified atom stereocenters. The van der Waals surface area contributed by atoms with Gasteiger partial charge in [-0.05, 0) is 171 Å². The fourth-order valence-electron chi connectivity index (χ4n) is 8.09. The summed E-state index contributed by atoms with van der Waals surface area (Å²) in [6.45, 7) is 6.91. The first-order chi connectivity index (χ1) is 42.6. The minimum Gasteiger partial charge on any atom is -0.463 e. The lowest BCUT2D eigenvalue weighted by molar-refractivity contribution is -0.138. The highest BCUT2D eigenvalue weighted by Gasteiger charge is 2.51. The van der Waals surface area contributed by atoms with E-state index in [-0.39, 0.29) is 108 Å². The monoisotopic (exact) mass is 1210 g/mol. The van der Waals surface area contributed by atoms with Crippen molar-refractivity contribution in [2.75, 3.05) is 39.6 Å². The summed E-state index contributed by atoms with van der Waals surface area (Å²) in [4.78, 5) is 124. The Hall–Kier alpha value is -11.0. The van der Waals surface area contributed by atoms with Crippen LogP contribution in [0, 0.1) is 0 Å². The molecule has 0 radical (unpaired) electrons. The minimum atomic E-state index is -0.952. The average molecular weight is 1210 g/mol. The summed E-state index contributed by atoms with van der Waals surface area (Å²) in [5.74, 6) is -4.71. The van der Waals surface area contributed by atoms with Gasteiger partial charge in [-0.2, -0.15) is 0 Å². The molecule has 0 N–H and O–H groups in total. The Morgan fingerprint density at radius 1 is 0.330 bits per heavy atom. The number of fused-ring (bicyclic) bond motifs is 1. The molecule has 0 aliphatic carbocycles. The van der Waals surface area contributed by atoms with Gasteiger partial charge in [0.2, 0.25) is 0 Å². The van der Waals surface area contributed by atoms with E-state index in [2.05, 4.69) is 13.2 Å². The fourth-order valence-corrected chi connectivity index (χ4v) is 8.09. The molecular formula is C64H54O24. The van der Waals surface area contributed by atoms with Crippen molar-refractivity contribution in [2.24, 2.45) is 0 Å². The number of hydrogen-bond donors (Lipinski definition) is 0. The number of benzene rings is 6. The molecule has 2 fully saturated rings. The molecule has 454 valence electrons. The van der Waals surface area contributed by atoms with Gasteiger partial charge in [-0.1, -0.05) is 13.2 Å². The van der Waals surface area contributed by atoms with Gasteiger partial charge in [0.15, 0.2) is 12.2 Å². The van der Waals surface area contributed by atoms with Crippen molar-refractivity contribution in [3.63, 3.8) is 0 Å². The summed E-state index contributed by atoms with van der Waals surface area (Å²) in [6, 6.07) is 33.5. The van der Waals surface area contributed by atoms with Gasteiger partial charge in [-0.3, -0.25) is 0 Å². The van der Waals surface area contributed by atoms with E-state index < -0.39 is 84.5 Å². The first kappa shape index (κ1) is 63.1. The summed E-state index contributed by atoms with van der Waals surface area (Å²) in [7, 11) is 0. The quantitative estimate of drug-likeness (QED) is 0.0122. The Bertz CT molecular complexity index is 3250. The van der Waals surface area contributed by atoms with Crippen LogP contribution in [0.1, 0.15) is 87.8 Å². The second-order valence-electron chi connectivity index (χ2n) is 18.7. The van der Waals surface area contributed by atoms with Crippen LogP contribution >= 0.6 is 0 Å². The van der Waals surface area contributed by atoms with Crippen LogP contribution in [0.5, 0.6) is 34.5 Å². The van der Waals surface area contributed by atoms with Crippen LogP contribution in [-0.4, -0.2) is 124 Å². The van der Waals surface area contributed by atoms with E-state index in [4.69, 9.17) is 66.3 Å². The number of esters is 8. The molecule has 0 aromatic heterocycles. The Kier molecular flexibility index (Phi) is 22.4. The highest BCUT2D eigenvalue weighted by molar-refractivity contribution is 5.95. The van der Waals surface area contributed by atoms with E-state index in [0.717, 1.165) is 12.2 Å². The smallest absolute Gasteiger partial charge is 0.463 e. The SMILES string of the molecule is C=CC(=O)OCCCCOC(=O)Oc1ccc(C(=O)Oc2ccc(C(=O)Oc3ccc(C(=O)O[C@H]4COC5C4OC[C@H]5OC(=O)c4ccc(OC(=O)c5ccc(OC(=O)c6ccc(OC(=O)OCCCCOC(=O)C=C)cc6)cc5)cc4)cc3)cc2)cc1. The molecule has 4 atom stereocenters. The maximum atomic E-state index is 13.2. The molecule has 2 aliphatic rings. The van der Waals surface area contributed by atoms with Crippen molar-refractivity contribution in [1.29, 1.82) is 0 Å². The number of carbonyl (C=O) groups is 10. The van der Waals surface area contributed by atoms with Gasteiger partial charge < -0.3 is 66.3 Å². The third-order valence-electron chi connectivity index (χ3n) is 12.6. The lowest BCUT2D eigenvalue weighted by Crippen LogP contribution is -2.36. The molecule has 24 nitrogen and oxygen atoms in total. The van der Waals surface area contributed by atoms with Crippen molar-refractivity contribution in [3.8, 4) is 34.5 Å². The van der Waals surface area contributed by atoms with E-state index >= 15 is 0 Å². The molecular weight excluding hydrogens is 1150 g/mol. The Morgan fingerprint density at radius 3 is 0.807 bits per heavy atom. The average Bonchev–Trinajstić information content (AvgIpc) is 2.18. The summed E-state index contributed by atoms with van der Waals surface area (Å²) in [5.41, 5.74) is 0.808. The van der Waals surface area contributed by atoms with E-state index in [0.29, 0.717) is 25.7 Å². The molecule has 2 heterocycles. The number of carbonyl (C=O) groups excluding carboxylic acids is 10. The van der Waals surface area contributed by atoms with Gasteiger partial charge in [-0.15, -0.1) is 0 Å². The molecule has 0 bridgehead atoms. The summed E-state index contributed by atoms with van der Waals surface area (Å²) < 4.78 is 74.8. The molecule has 0 saturated carbocycles. The van der Waals surface area contributed by atoms with Crippen molar-refractivity contribution < 1.29 is 114 Å². The van der Waals surface area contributed by atoms with Gasteiger partial charge in [0.25, 0.3) is 0 Å². The first-order valence-electron chi connectivity index (χ1n) is 27.0. The third-order valence-corrected chi connectivity index (χ3v) is 12.6. The number of hydrogen-bond acceptors (Lipinski definition) is 24. The predicted octanol–water partition coefficient (Wildman–Crippen LogP) is 9.16. The number of unbranched alkanes of at least 4 members (excludes halogenated alkanes) is 2. The molecule has 88 heavy (non-hydrogen) atoms. The van der Waals surface area contributed by atoms with Crippen LogP contribution in [0.4, 0.5) is 9.59 Å². The third kappa shape index (κ3) is 18.5. The normalized spacial score (nSPS) is 15.3. The van der Waals surface area contributed by atoms with E-state index in [9.17, 15) is 47.9 Å². The van der Waals surface area contributed by atoms with Crippen LogP contribution in [0.2, 0.25) is 0 Å². The van der Waals surface area contributed by atoms with Crippen LogP contribution in [0.25, 0.3) is 0 Å². The van der Waals surface area contributed by atoms with Gasteiger partial charge in [0.05, 0.1) is 73.0 Å². The topological polar surface area (TPSA) is 300 Å². The molecule has 0 amide bonds. The lowest BCUT2D eigenvalue weighted by Gasteiger charge is -2.17. The Balaban J connectivity index is 0.707. The highest BCUT2D eigenvalue weighted by atomic mass is 16.7. The molecule has 24 heteroatoms. The number of rotatable bonds is 26. The van der Waals surface area contributed by atoms with Gasteiger partial charge in [0.1, 0.15) is 46.7 Å². The molecule has 0 spiro atoms. The zero-order valence-corrected chi connectivity index (χ0v) is 46.6. The molecule has 8 rings (SSSR count). The van der Waals surface area contributed by atoms with Gasteiger partial charge in [-0.25, -0.2) is 47.9 Å². The van der Waals surface area contributed by atoms with Crippen molar-refractivity contribution in [3.05, 3.63) is 204 Å². The first-order valence-corrected chi connectivity index (χ1v) is 27.0. The Morgan fingerprint density at radius 2 is 0.557 bits per heavy atom. The van der Waals surface area contributed by atoms with E-state index in [1.165, 1.54) is 146 Å². The molecule has 2 saturated heterocycles. The highest BCUT2D eigenvalue weighted by Crippen LogP contribution is 2.32. The minimum absolute atomic E-state index is 0.0405. The lowest BCUT2D eigenvalue weighted by atomic mass is 10.1. The predicted molar refractivity (Wildman–Crippen MR) is 301 cm³/mol. The van der Waals surface area contributed by atoms with Crippen LogP contribution in [-0.2, 0) is 47.5 Å². The Labute approximate surface area is 501 Å². The summed E-state index contributed by atoms with van der Waals surface area (Å²) >= 11 is 0. The van der Waals surface area contributed by atoms with Crippen molar-refractivity contribution in [1.82, 2.24) is 0 Å². The summed E-state index contributed by atoms with van der Waals surface area (Å²) in [5, 5.41) is 0. The maximum absolute atomic E-state index is 13.2. The zero-order valence-electron chi connectivity index (χ0n) is 46.6. The van der Waals surface area contributed by atoms with Crippen molar-refractivity contribution in [2.45, 2.75) is 50.1 Å². The second kappa shape index (κ2) is 31.2. The zero-order chi connectivity index (χ0) is 62.4. The number of ether oxygens (including phenoxy) is 14. The maximum Gasteiger partial charge on any atom is 0.513 e. The second-order valence-corrected chi connectivity index (χ2v) is 18.7. The van der Waals surface area contributed by atoms with Crippen LogP contribution < -0.4 is 28.4 Å². The van der Waals surface area contributed by atoms with Crippen LogP contribution in [0.3, 0.4) is 0 Å². The van der Waals surface area contributed by atoms with E-state index in [1.807, 2.05) is 0 Å². The van der Waals surface area contributed by atoms with Gasteiger partial charge in [0, 0.05) is 12.2 Å². The molecule has 2 aliphatic heterocycles. The largest absolute Gasteiger partial charge is 0.513 e. The standard InChI is InChI=1S/C64H54O24/c1-3-53(65)75-33-5-7-35-77-63(73)85-49-29-17-41(18-30-49)59(69)81-45-21-9-39(10-22-45)57(67)83-47-25-13-43(14-26-47)61(71)87-51-37-79-56-52(38-80-55(51)56)88-62(72)44-15-27-48(28-16-44)84-58(68)40-11-23-46(24-12-40)82-60(70)42-19-31-50(32-20-42)86-64(74)78-36-8-6-34-76-54(66)4-2/h3-4,9-32,51-52,55-56H,1-2,5-8,33-38H2/t51-,52+,55?,56?. The van der Waals surface area contributed by atoms with E-state index in [1.54, 1.807) is 0 Å². The van der Waals surface area contributed by atoms with Gasteiger partial charge >= 0.3 is 60.1 Å². The summed E-state index contributed by atoms with van der Waals surface area (Å²) in [6.07, 6.45) is -1.17. The molecule has 6 aromatic carbocycles. The van der Waals surface area contributed by atoms with Crippen LogP contribution in [0.15, 0.2) is 171 Å². The van der Waals surface area contributed by atoms with Crippen molar-refractivity contribution >= 4 is 60.1 Å². The molecule has 6 aromatic rings. The fraction of sp³-hybridized carbons (Fsp3) is 0.219.